The van der Waals surface area contributed by atoms with E-state index < -0.39 is 0 Å². The van der Waals surface area contributed by atoms with Crippen LogP contribution in [-0.4, -0.2) is 52.9 Å². The minimum absolute atomic E-state index is 0.0723. The van der Waals surface area contributed by atoms with Crippen molar-refractivity contribution in [1.82, 2.24) is 14.8 Å². The molecule has 1 aromatic carbocycles. The van der Waals surface area contributed by atoms with E-state index in [9.17, 15) is 9.59 Å². The first kappa shape index (κ1) is 23.0. The van der Waals surface area contributed by atoms with Gasteiger partial charge in [-0.1, -0.05) is 37.3 Å². The van der Waals surface area contributed by atoms with Gasteiger partial charge in [0.1, 0.15) is 5.69 Å². The fourth-order valence-electron chi connectivity index (χ4n) is 8.49. The van der Waals surface area contributed by atoms with Crippen molar-refractivity contribution >= 4 is 5.91 Å². The lowest BCUT2D eigenvalue weighted by Gasteiger charge is -2.59. The van der Waals surface area contributed by atoms with Crippen molar-refractivity contribution in [3.63, 3.8) is 0 Å². The summed E-state index contributed by atoms with van der Waals surface area (Å²) in [4.78, 5) is 32.8. The minimum Gasteiger partial charge on any atom is -0.337 e. The zero-order chi connectivity index (χ0) is 24.4. The van der Waals surface area contributed by atoms with Crippen LogP contribution in [0.15, 0.2) is 47.3 Å². The summed E-state index contributed by atoms with van der Waals surface area (Å²) in [6, 6.07) is 14.7. The molecular weight excluding hydrogens is 434 g/mol. The molecule has 6 rings (SSSR count). The van der Waals surface area contributed by atoms with Gasteiger partial charge < -0.3 is 9.88 Å². The van der Waals surface area contributed by atoms with Crippen LogP contribution in [0.5, 0.6) is 0 Å². The average Bonchev–Trinajstić information content (AvgIpc) is 3.62. The Hall–Kier alpha value is -2.40. The van der Waals surface area contributed by atoms with E-state index in [2.05, 4.69) is 48.0 Å². The molecule has 4 aliphatic rings. The second kappa shape index (κ2) is 8.33. The van der Waals surface area contributed by atoms with Crippen molar-refractivity contribution < 1.29 is 4.79 Å². The molecule has 186 valence electrons. The molecule has 5 unspecified atom stereocenters. The highest BCUT2D eigenvalue weighted by Crippen LogP contribution is 2.67. The van der Waals surface area contributed by atoms with Gasteiger partial charge in [-0.25, -0.2) is 0 Å². The number of carbonyl (C=O) groups is 1. The molecule has 1 amide bonds. The SMILES string of the molecule is CC(C1CCC2(C)C3CCc4ccccc4C12CCN3CC1CC1)N(C)C(=O)c1cccc(=O)[nH]1. The molecule has 1 N–H and O–H groups in total. The van der Waals surface area contributed by atoms with Crippen LogP contribution in [-0.2, 0) is 11.8 Å². The molecule has 5 heteroatoms. The number of likely N-dealkylation sites (tertiary alicyclic amines) is 1. The number of amides is 1. The maximum Gasteiger partial charge on any atom is 0.270 e. The third-order valence-electron chi connectivity index (χ3n) is 10.5. The van der Waals surface area contributed by atoms with E-state index in [1.54, 1.807) is 17.7 Å². The molecule has 2 bridgehead atoms. The number of fused-ring (bicyclic) bond motifs is 1. The lowest BCUT2D eigenvalue weighted by Crippen LogP contribution is -2.63. The largest absolute Gasteiger partial charge is 0.337 e. The number of pyridine rings is 1. The number of benzene rings is 1. The van der Waals surface area contributed by atoms with E-state index in [0.717, 1.165) is 25.3 Å². The fourth-order valence-corrected chi connectivity index (χ4v) is 8.49. The molecule has 3 aliphatic carbocycles. The highest BCUT2D eigenvalue weighted by atomic mass is 16.2. The Morgan fingerprint density at radius 1 is 1.11 bits per heavy atom. The minimum atomic E-state index is -0.229. The van der Waals surface area contributed by atoms with Crippen LogP contribution < -0.4 is 5.56 Å². The highest BCUT2D eigenvalue weighted by molar-refractivity contribution is 5.92. The van der Waals surface area contributed by atoms with Crippen molar-refractivity contribution in [2.24, 2.45) is 17.3 Å². The first-order valence-electron chi connectivity index (χ1n) is 13.6. The topological polar surface area (TPSA) is 56.4 Å². The normalized spacial score (nSPS) is 32.9. The number of nitrogens with one attached hydrogen (secondary N) is 1. The summed E-state index contributed by atoms with van der Waals surface area (Å²) < 4.78 is 0. The first-order chi connectivity index (χ1) is 16.8. The van der Waals surface area contributed by atoms with Gasteiger partial charge >= 0.3 is 0 Å². The molecule has 35 heavy (non-hydrogen) atoms. The van der Waals surface area contributed by atoms with Gasteiger partial charge in [0.2, 0.25) is 5.56 Å². The Morgan fingerprint density at radius 3 is 2.69 bits per heavy atom. The van der Waals surface area contributed by atoms with Crippen LogP contribution >= 0.6 is 0 Å². The molecule has 2 aromatic rings. The average molecular weight is 474 g/mol. The zero-order valence-electron chi connectivity index (χ0n) is 21.4. The Balaban J connectivity index is 1.40. The van der Waals surface area contributed by atoms with Gasteiger partial charge in [0.25, 0.3) is 5.91 Å². The van der Waals surface area contributed by atoms with Crippen molar-refractivity contribution in [1.29, 1.82) is 0 Å². The maximum absolute atomic E-state index is 13.4. The second-order valence-electron chi connectivity index (χ2n) is 12.0. The number of H-pyrrole nitrogens is 1. The van der Waals surface area contributed by atoms with Crippen molar-refractivity contribution in [2.75, 3.05) is 20.1 Å². The molecule has 1 saturated heterocycles. The van der Waals surface area contributed by atoms with Gasteiger partial charge in [-0.15, -0.1) is 0 Å². The van der Waals surface area contributed by atoms with Gasteiger partial charge in [-0.05, 0) is 92.9 Å². The molecule has 2 saturated carbocycles. The summed E-state index contributed by atoms with van der Waals surface area (Å²) in [5.74, 6) is 1.20. The molecule has 0 spiro atoms. The Bertz CT molecular complexity index is 1190. The van der Waals surface area contributed by atoms with Crippen LogP contribution in [0, 0.1) is 17.3 Å². The van der Waals surface area contributed by atoms with E-state index in [4.69, 9.17) is 0 Å². The van der Waals surface area contributed by atoms with Gasteiger partial charge in [-0.2, -0.15) is 0 Å². The molecule has 5 nitrogen and oxygen atoms in total. The summed E-state index contributed by atoms with van der Waals surface area (Å²) in [6.07, 6.45) is 8.72. The Morgan fingerprint density at radius 2 is 1.91 bits per heavy atom. The summed E-state index contributed by atoms with van der Waals surface area (Å²) in [5.41, 5.74) is 3.50. The van der Waals surface area contributed by atoms with E-state index in [0.29, 0.717) is 17.7 Å². The number of rotatable bonds is 5. The Labute approximate surface area is 208 Å². The predicted octanol–water partition coefficient (Wildman–Crippen LogP) is 4.62. The Kier molecular flexibility index (Phi) is 5.48. The molecule has 0 radical (unpaired) electrons. The van der Waals surface area contributed by atoms with Gasteiger partial charge in [-0.3, -0.25) is 14.5 Å². The standard InChI is InChI=1S/C30H39N3O2/c1-20(32(3)28(35)25-9-6-10-27(34)31-25)23-15-16-29(2)26-14-13-22-7-4-5-8-24(22)30(23,29)17-18-33(26)19-21-11-12-21/h4-10,20-21,23,26H,11-19H2,1-3H3,(H,31,34). The summed E-state index contributed by atoms with van der Waals surface area (Å²) in [7, 11) is 1.92. The number of hydrogen-bond donors (Lipinski definition) is 1. The van der Waals surface area contributed by atoms with E-state index in [1.165, 1.54) is 50.3 Å². The number of carbonyl (C=O) groups excluding carboxylic acids is 1. The maximum atomic E-state index is 13.4. The number of hydrogen-bond acceptors (Lipinski definition) is 3. The van der Waals surface area contributed by atoms with Gasteiger partial charge in [0, 0.05) is 37.2 Å². The number of nitrogens with zero attached hydrogens (tertiary/aromatic N) is 2. The molecule has 3 fully saturated rings. The van der Waals surface area contributed by atoms with Crippen molar-refractivity contribution in [3.8, 4) is 0 Å². The molecule has 1 aromatic heterocycles. The first-order valence-corrected chi connectivity index (χ1v) is 13.6. The van der Waals surface area contributed by atoms with Crippen LogP contribution in [0.25, 0.3) is 0 Å². The molecule has 1 aliphatic heterocycles. The lowest BCUT2D eigenvalue weighted by molar-refractivity contribution is -0.0515. The third-order valence-corrected chi connectivity index (χ3v) is 10.5. The molecular formula is C30H39N3O2. The van der Waals surface area contributed by atoms with Crippen LogP contribution in [0.4, 0.5) is 0 Å². The smallest absolute Gasteiger partial charge is 0.270 e. The molecule has 2 heterocycles. The lowest BCUT2D eigenvalue weighted by atomic mass is 9.52. The second-order valence-corrected chi connectivity index (χ2v) is 12.0. The van der Waals surface area contributed by atoms with Crippen LogP contribution in [0.1, 0.15) is 74.0 Å². The fraction of sp³-hybridized carbons (Fsp3) is 0.600. The highest BCUT2D eigenvalue weighted by Gasteiger charge is 2.66. The van der Waals surface area contributed by atoms with Crippen LogP contribution in [0.2, 0.25) is 0 Å². The van der Waals surface area contributed by atoms with E-state index >= 15 is 0 Å². The number of aromatic nitrogens is 1. The monoisotopic (exact) mass is 473 g/mol. The third kappa shape index (κ3) is 3.45. The number of piperidine rings is 1. The summed E-state index contributed by atoms with van der Waals surface area (Å²) in [5, 5.41) is 0. The summed E-state index contributed by atoms with van der Waals surface area (Å²) in [6.45, 7) is 7.26. The quantitative estimate of drug-likeness (QED) is 0.689. The van der Waals surface area contributed by atoms with Gasteiger partial charge in [0.05, 0.1) is 0 Å². The zero-order valence-corrected chi connectivity index (χ0v) is 21.4. The number of aromatic amines is 1. The van der Waals surface area contributed by atoms with Crippen molar-refractivity contribution in [2.45, 2.75) is 76.3 Å². The molecule has 5 atom stereocenters. The summed E-state index contributed by atoms with van der Waals surface area (Å²) >= 11 is 0. The van der Waals surface area contributed by atoms with Crippen LogP contribution in [0.3, 0.4) is 0 Å². The predicted molar refractivity (Wildman–Crippen MR) is 139 cm³/mol. The van der Waals surface area contributed by atoms with E-state index in [-0.39, 0.29) is 28.3 Å². The van der Waals surface area contributed by atoms with E-state index in [1.807, 2.05) is 11.9 Å². The number of aryl methyl sites for hydroxylation is 1. The van der Waals surface area contributed by atoms with Crippen molar-refractivity contribution in [3.05, 3.63) is 69.6 Å². The van der Waals surface area contributed by atoms with Gasteiger partial charge in [0.15, 0.2) is 0 Å².